The molecule has 1 aliphatic heterocycles. The van der Waals surface area contributed by atoms with Crippen LogP contribution < -0.4 is 0 Å². The molecule has 1 saturated heterocycles. The molecule has 2 fully saturated rings. The quantitative estimate of drug-likeness (QED) is 0.758. The molecule has 2 atom stereocenters. The van der Waals surface area contributed by atoms with E-state index in [-0.39, 0.29) is 11.7 Å². The lowest BCUT2D eigenvalue weighted by Gasteiger charge is -2.41. The Kier molecular flexibility index (Phi) is 3.29. The van der Waals surface area contributed by atoms with Crippen LogP contribution in [0, 0.1) is 24.6 Å². The summed E-state index contributed by atoms with van der Waals surface area (Å²) in [5.41, 5.74) is 1.17. The standard InChI is InChI=1S/C16H20FNO/c1-11-7-14(5-6-15(11)17)16(19)18-9-12-3-2-4-13(8-12)10-18/h5-7,12-13H,2-4,8-10H2,1H3. The van der Waals surface area contributed by atoms with Crippen LogP contribution in [0.1, 0.15) is 41.6 Å². The smallest absolute Gasteiger partial charge is 0.253 e. The highest BCUT2D eigenvalue weighted by Gasteiger charge is 2.32. The number of amides is 1. The number of benzene rings is 1. The second-order valence-electron chi connectivity index (χ2n) is 6.07. The molecule has 0 N–H and O–H groups in total. The van der Waals surface area contributed by atoms with Crippen molar-refractivity contribution in [1.82, 2.24) is 4.90 Å². The second-order valence-corrected chi connectivity index (χ2v) is 6.07. The number of halogens is 1. The van der Waals surface area contributed by atoms with Crippen LogP contribution in [-0.4, -0.2) is 23.9 Å². The zero-order valence-corrected chi connectivity index (χ0v) is 11.4. The van der Waals surface area contributed by atoms with Crippen molar-refractivity contribution in [2.45, 2.75) is 32.6 Å². The van der Waals surface area contributed by atoms with Gasteiger partial charge in [0.05, 0.1) is 0 Å². The molecule has 0 spiro atoms. The Hall–Kier alpha value is -1.38. The predicted octanol–water partition coefficient (Wildman–Crippen LogP) is 3.40. The third kappa shape index (κ3) is 2.51. The molecule has 102 valence electrons. The molecule has 19 heavy (non-hydrogen) atoms. The van der Waals surface area contributed by atoms with Gasteiger partial charge in [0.1, 0.15) is 5.82 Å². The van der Waals surface area contributed by atoms with Crippen LogP contribution in [0.25, 0.3) is 0 Å². The van der Waals surface area contributed by atoms with Crippen molar-refractivity contribution >= 4 is 5.91 Å². The summed E-state index contributed by atoms with van der Waals surface area (Å²) in [6.45, 7) is 3.47. The van der Waals surface area contributed by atoms with Crippen molar-refractivity contribution in [1.29, 1.82) is 0 Å². The van der Waals surface area contributed by atoms with Gasteiger partial charge in [-0.1, -0.05) is 6.42 Å². The summed E-state index contributed by atoms with van der Waals surface area (Å²) in [7, 11) is 0. The van der Waals surface area contributed by atoms with Gasteiger partial charge in [0.15, 0.2) is 0 Å². The van der Waals surface area contributed by atoms with Crippen LogP contribution in [0.15, 0.2) is 18.2 Å². The first-order valence-corrected chi connectivity index (χ1v) is 7.19. The summed E-state index contributed by atoms with van der Waals surface area (Å²) in [5, 5.41) is 0. The van der Waals surface area contributed by atoms with Gasteiger partial charge >= 0.3 is 0 Å². The molecule has 2 bridgehead atoms. The van der Waals surface area contributed by atoms with Crippen molar-refractivity contribution in [3.63, 3.8) is 0 Å². The number of aryl methyl sites for hydroxylation is 1. The van der Waals surface area contributed by atoms with E-state index < -0.39 is 0 Å². The van der Waals surface area contributed by atoms with E-state index in [2.05, 4.69) is 0 Å². The molecule has 1 aromatic rings. The van der Waals surface area contributed by atoms with E-state index in [9.17, 15) is 9.18 Å². The van der Waals surface area contributed by atoms with Crippen molar-refractivity contribution in [3.8, 4) is 0 Å². The summed E-state index contributed by atoms with van der Waals surface area (Å²) in [6.07, 6.45) is 5.10. The number of rotatable bonds is 1. The SMILES string of the molecule is Cc1cc(C(=O)N2CC3CCCC(C3)C2)ccc1F. The van der Waals surface area contributed by atoms with Crippen LogP contribution in [0.5, 0.6) is 0 Å². The molecule has 2 unspecified atom stereocenters. The molecule has 3 rings (SSSR count). The van der Waals surface area contributed by atoms with Gasteiger partial charge in [0.25, 0.3) is 5.91 Å². The van der Waals surface area contributed by atoms with E-state index in [4.69, 9.17) is 0 Å². The highest BCUT2D eigenvalue weighted by atomic mass is 19.1. The summed E-state index contributed by atoms with van der Waals surface area (Å²) in [5.74, 6) is 1.18. The first kappa shape index (κ1) is 12.6. The van der Waals surface area contributed by atoms with Gasteiger partial charge in [0.2, 0.25) is 0 Å². The summed E-state index contributed by atoms with van der Waals surface area (Å²) in [4.78, 5) is 14.5. The Morgan fingerprint density at radius 3 is 2.58 bits per heavy atom. The number of carbonyl (C=O) groups excluding carboxylic acids is 1. The number of hydrogen-bond acceptors (Lipinski definition) is 1. The lowest BCUT2D eigenvalue weighted by molar-refractivity contribution is 0.0504. The topological polar surface area (TPSA) is 20.3 Å². The first-order valence-electron chi connectivity index (χ1n) is 7.19. The fourth-order valence-electron chi connectivity index (χ4n) is 3.56. The fourth-order valence-corrected chi connectivity index (χ4v) is 3.56. The zero-order chi connectivity index (χ0) is 13.4. The van der Waals surface area contributed by atoms with Gasteiger partial charge in [0, 0.05) is 18.7 Å². The number of nitrogens with zero attached hydrogens (tertiary/aromatic N) is 1. The van der Waals surface area contributed by atoms with Gasteiger partial charge in [-0.25, -0.2) is 4.39 Å². The average Bonchev–Trinajstić information content (AvgIpc) is 2.40. The van der Waals surface area contributed by atoms with E-state index in [0.29, 0.717) is 23.0 Å². The average molecular weight is 261 g/mol. The number of hydrogen-bond donors (Lipinski definition) is 0. The summed E-state index contributed by atoms with van der Waals surface area (Å²) < 4.78 is 13.3. The van der Waals surface area contributed by atoms with Crippen molar-refractivity contribution in [3.05, 3.63) is 35.1 Å². The number of fused-ring (bicyclic) bond motifs is 2. The lowest BCUT2D eigenvalue weighted by atomic mass is 9.78. The van der Waals surface area contributed by atoms with Crippen LogP contribution in [0.3, 0.4) is 0 Å². The molecule has 2 aliphatic rings. The monoisotopic (exact) mass is 261 g/mol. The van der Waals surface area contributed by atoms with Crippen LogP contribution >= 0.6 is 0 Å². The molecule has 2 nitrogen and oxygen atoms in total. The van der Waals surface area contributed by atoms with Crippen molar-refractivity contribution in [2.75, 3.05) is 13.1 Å². The number of piperidine rings is 1. The molecule has 1 saturated carbocycles. The largest absolute Gasteiger partial charge is 0.338 e. The Bertz CT molecular complexity index is 488. The van der Waals surface area contributed by atoms with Gasteiger partial charge in [-0.15, -0.1) is 0 Å². The predicted molar refractivity (Wildman–Crippen MR) is 72.5 cm³/mol. The van der Waals surface area contributed by atoms with Crippen LogP contribution in [-0.2, 0) is 0 Å². The first-order chi connectivity index (χ1) is 9.13. The van der Waals surface area contributed by atoms with E-state index in [1.807, 2.05) is 4.90 Å². The van der Waals surface area contributed by atoms with Crippen molar-refractivity contribution < 1.29 is 9.18 Å². The minimum Gasteiger partial charge on any atom is -0.338 e. The lowest BCUT2D eigenvalue weighted by Crippen LogP contribution is -2.45. The van der Waals surface area contributed by atoms with E-state index in [1.54, 1.807) is 19.1 Å². The zero-order valence-electron chi connectivity index (χ0n) is 11.4. The number of likely N-dealkylation sites (tertiary alicyclic amines) is 1. The van der Waals surface area contributed by atoms with Gasteiger partial charge < -0.3 is 4.90 Å². The number of carbonyl (C=O) groups is 1. The highest BCUT2D eigenvalue weighted by molar-refractivity contribution is 5.94. The Morgan fingerprint density at radius 1 is 1.26 bits per heavy atom. The van der Waals surface area contributed by atoms with Gasteiger partial charge in [-0.3, -0.25) is 4.79 Å². The molecule has 3 heteroatoms. The van der Waals surface area contributed by atoms with E-state index in [0.717, 1.165) is 13.1 Å². The summed E-state index contributed by atoms with van der Waals surface area (Å²) >= 11 is 0. The molecular weight excluding hydrogens is 241 g/mol. The Balaban J connectivity index is 1.78. The van der Waals surface area contributed by atoms with E-state index >= 15 is 0 Å². The Labute approximate surface area is 113 Å². The molecule has 0 radical (unpaired) electrons. The maximum Gasteiger partial charge on any atom is 0.253 e. The van der Waals surface area contributed by atoms with Crippen molar-refractivity contribution in [2.24, 2.45) is 11.8 Å². The summed E-state index contributed by atoms with van der Waals surface area (Å²) in [6, 6.07) is 4.67. The molecular formula is C16H20FNO. The van der Waals surface area contributed by atoms with Crippen LogP contribution in [0.4, 0.5) is 4.39 Å². The fraction of sp³-hybridized carbons (Fsp3) is 0.562. The molecule has 0 aromatic heterocycles. The normalized spacial score (nSPS) is 26.3. The van der Waals surface area contributed by atoms with Crippen LogP contribution in [0.2, 0.25) is 0 Å². The third-order valence-corrected chi connectivity index (χ3v) is 4.54. The van der Waals surface area contributed by atoms with Gasteiger partial charge in [-0.05, 0) is 61.8 Å². The molecule has 1 heterocycles. The minimum absolute atomic E-state index is 0.0692. The maximum atomic E-state index is 13.3. The Morgan fingerprint density at radius 2 is 1.95 bits per heavy atom. The molecule has 1 aromatic carbocycles. The maximum absolute atomic E-state index is 13.3. The van der Waals surface area contributed by atoms with Gasteiger partial charge in [-0.2, -0.15) is 0 Å². The third-order valence-electron chi connectivity index (χ3n) is 4.54. The molecule has 1 amide bonds. The minimum atomic E-state index is -0.243. The second kappa shape index (κ2) is 4.95. The highest BCUT2D eigenvalue weighted by Crippen LogP contribution is 2.34. The molecule has 1 aliphatic carbocycles. The van der Waals surface area contributed by atoms with E-state index in [1.165, 1.54) is 31.7 Å².